The second kappa shape index (κ2) is 6.20. The molecule has 0 unspecified atom stereocenters. The Balaban J connectivity index is 2.51. The van der Waals surface area contributed by atoms with Crippen LogP contribution < -0.4 is 10.6 Å². The van der Waals surface area contributed by atoms with Gasteiger partial charge in [0, 0.05) is 12.2 Å². The summed E-state index contributed by atoms with van der Waals surface area (Å²) in [6.07, 6.45) is 0. The van der Waals surface area contributed by atoms with E-state index < -0.39 is 5.97 Å². The lowest BCUT2D eigenvalue weighted by Crippen LogP contribution is -2.31. The highest BCUT2D eigenvalue weighted by Gasteiger charge is 2.02. The zero-order valence-corrected chi connectivity index (χ0v) is 10.7. The maximum absolute atomic E-state index is 10.7. The number of aromatic carboxylic acids is 1. The van der Waals surface area contributed by atoms with E-state index in [4.69, 9.17) is 17.3 Å². The van der Waals surface area contributed by atoms with Crippen molar-refractivity contribution in [2.24, 2.45) is 5.92 Å². The number of hydrogen-bond acceptors (Lipinski definition) is 2. The van der Waals surface area contributed by atoms with Crippen LogP contribution in [0.5, 0.6) is 0 Å². The molecule has 3 N–H and O–H groups in total. The Morgan fingerprint density at radius 3 is 2.41 bits per heavy atom. The summed E-state index contributed by atoms with van der Waals surface area (Å²) in [4.78, 5) is 10.7. The fraction of sp³-hybridized carbons (Fsp3) is 0.333. The molecule has 1 aromatic rings. The van der Waals surface area contributed by atoms with Gasteiger partial charge >= 0.3 is 5.97 Å². The summed E-state index contributed by atoms with van der Waals surface area (Å²) in [7, 11) is 0. The molecule has 0 aliphatic rings. The molecular weight excluding hydrogens is 236 g/mol. The van der Waals surface area contributed by atoms with Crippen molar-refractivity contribution >= 4 is 29.0 Å². The van der Waals surface area contributed by atoms with Gasteiger partial charge < -0.3 is 15.7 Å². The summed E-state index contributed by atoms with van der Waals surface area (Å²) < 4.78 is 0. The van der Waals surface area contributed by atoms with Crippen LogP contribution in [0.15, 0.2) is 24.3 Å². The fourth-order valence-electron chi connectivity index (χ4n) is 1.17. The van der Waals surface area contributed by atoms with E-state index in [1.807, 2.05) is 0 Å². The van der Waals surface area contributed by atoms with Crippen molar-refractivity contribution in [3.05, 3.63) is 29.8 Å². The molecule has 0 heterocycles. The third-order valence-electron chi connectivity index (χ3n) is 2.06. The van der Waals surface area contributed by atoms with Gasteiger partial charge in [0.15, 0.2) is 5.11 Å². The summed E-state index contributed by atoms with van der Waals surface area (Å²) in [6.45, 7) is 4.99. The first-order chi connectivity index (χ1) is 7.99. The van der Waals surface area contributed by atoms with Gasteiger partial charge in [-0.3, -0.25) is 0 Å². The highest BCUT2D eigenvalue weighted by molar-refractivity contribution is 7.80. The lowest BCUT2D eigenvalue weighted by atomic mass is 10.2. The molecule has 0 aromatic heterocycles. The Kier molecular flexibility index (Phi) is 4.90. The highest BCUT2D eigenvalue weighted by atomic mass is 32.1. The molecule has 0 saturated heterocycles. The van der Waals surface area contributed by atoms with Crippen LogP contribution in [0.2, 0.25) is 0 Å². The summed E-state index contributed by atoms with van der Waals surface area (Å²) in [5.41, 5.74) is 1.04. The van der Waals surface area contributed by atoms with E-state index >= 15 is 0 Å². The zero-order chi connectivity index (χ0) is 12.8. The van der Waals surface area contributed by atoms with Gasteiger partial charge in [-0.05, 0) is 42.4 Å². The average molecular weight is 252 g/mol. The topological polar surface area (TPSA) is 61.4 Å². The SMILES string of the molecule is CC(C)CNC(=S)Nc1ccc(C(=O)O)cc1. The maximum Gasteiger partial charge on any atom is 0.335 e. The normalized spacial score (nSPS) is 10.1. The first-order valence-corrected chi connectivity index (χ1v) is 5.78. The molecular formula is C12H16N2O2S. The van der Waals surface area contributed by atoms with Crippen LogP contribution in [-0.4, -0.2) is 22.7 Å². The van der Waals surface area contributed by atoms with E-state index in [0.717, 1.165) is 12.2 Å². The number of hydrogen-bond donors (Lipinski definition) is 3. The predicted molar refractivity (Wildman–Crippen MR) is 72.5 cm³/mol. The van der Waals surface area contributed by atoms with Crippen LogP contribution in [-0.2, 0) is 0 Å². The molecule has 0 aliphatic heterocycles. The van der Waals surface area contributed by atoms with Crippen LogP contribution in [0.3, 0.4) is 0 Å². The smallest absolute Gasteiger partial charge is 0.335 e. The van der Waals surface area contributed by atoms with Crippen molar-refractivity contribution in [3.8, 4) is 0 Å². The van der Waals surface area contributed by atoms with E-state index in [1.165, 1.54) is 12.1 Å². The van der Waals surface area contributed by atoms with Crippen molar-refractivity contribution in [1.82, 2.24) is 5.32 Å². The van der Waals surface area contributed by atoms with Crippen molar-refractivity contribution in [3.63, 3.8) is 0 Å². The minimum atomic E-state index is -0.933. The Hall–Kier alpha value is -1.62. The van der Waals surface area contributed by atoms with Crippen LogP contribution in [0.25, 0.3) is 0 Å². The Morgan fingerprint density at radius 2 is 1.94 bits per heavy atom. The quantitative estimate of drug-likeness (QED) is 0.718. The number of carboxylic acid groups (broad SMARTS) is 1. The van der Waals surface area contributed by atoms with Crippen LogP contribution in [0.4, 0.5) is 5.69 Å². The molecule has 0 bridgehead atoms. The third kappa shape index (κ3) is 4.82. The van der Waals surface area contributed by atoms with Crippen molar-refractivity contribution in [2.75, 3.05) is 11.9 Å². The van der Waals surface area contributed by atoms with Crippen LogP contribution >= 0.6 is 12.2 Å². The molecule has 1 aromatic carbocycles. The number of nitrogens with one attached hydrogen (secondary N) is 2. The van der Waals surface area contributed by atoms with Gasteiger partial charge in [0.05, 0.1) is 5.56 Å². The summed E-state index contributed by atoms with van der Waals surface area (Å²) >= 11 is 5.10. The summed E-state index contributed by atoms with van der Waals surface area (Å²) in [6, 6.07) is 6.45. The lowest BCUT2D eigenvalue weighted by molar-refractivity contribution is 0.0697. The molecule has 92 valence electrons. The minimum absolute atomic E-state index is 0.261. The van der Waals surface area contributed by atoms with E-state index in [2.05, 4.69) is 24.5 Å². The molecule has 0 aliphatic carbocycles. The molecule has 0 atom stereocenters. The van der Waals surface area contributed by atoms with Crippen molar-refractivity contribution in [1.29, 1.82) is 0 Å². The predicted octanol–water partition coefficient (Wildman–Crippen LogP) is 2.33. The molecule has 0 spiro atoms. The first kappa shape index (κ1) is 13.4. The van der Waals surface area contributed by atoms with Gasteiger partial charge in [-0.15, -0.1) is 0 Å². The number of thiocarbonyl (C=S) groups is 1. The molecule has 4 nitrogen and oxygen atoms in total. The summed E-state index contributed by atoms with van der Waals surface area (Å²) in [5.74, 6) is -0.416. The maximum atomic E-state index is 10.7. The number of benzene rings is 1. The van der Waals surface area contributed by atoms with E-state index in [0.29, 0.717) is 11.0 Å². The Morgan fingerprint density at radius 1 is 1.35 bits per heavy atom. The zero-order valence-electron chi connectivity index (χ0n) is 9.86. The van der Waals surface area contributed by atoms with Crippen LogP contribution in [0, 0.1) is 5.92 Å². The van der Waals surface area contributed by atoms with E-state index in [9.17, 15) is 4.79 Å². The molecule has 0 fully saturated rings. The standard InChI is InChI=1S/C12H16N2O2S/c1-8(2)7-13-12(17)14-10-5-3-9(4-6-10)11(15)16/h3-6,8H,7H2,1-2H3,(H,15,16)(H2,13,14,17). The van der Waals surface area contributed by atoms with Gasteiger partial charge in [0.1, 0.15) is 0 Å². The lowest BCUT2D eigenvalue weighted by Gasteiger charge is -2.12. The molecule has 17 heavy (non-hydrogen) atoms. The molecule has 0 saturated carbocycles. The number of carbonyl (C=O) groups is 1. The second-order valence-corrected chi connectivity index (χ2v) is 4.52. The summed E-state index contributed by atoms with van der Waals surface area (Å²) in [5, 5.41) is 15.4. The van der Waals surface area contributed by atoms with Gasteiger partial charge in [-0.1, -0.05) is 13.8 Å². The number of rotatable bonds is 4. The second-order valence-electron chi connectivity index (χ2n) is 4.11. The molecule has 1 rings (SSSR count). The average Bonchev–Trinajstić information content (AvgIpc) is 2.27. The molecule has 5 heteroatoms. The van der Waals surface area contributed by atoms with E-state index in [1.54, 1.807) is 12.1 Å². The first-order valence-electron chi connectivity index (χ1n) is 5.37. The Bertz CT molecular complexity index is 401. The van der Waals surface area contributed by atoms with Gasteiger partial charge in [-0.2, -0.15) is 0 Å². The van der Waals surface area contributed by atoms with E-state index in [-0.39, 0.29) is 5.56 Å². The number of carboxylic acids is 1. The van der Waals surface area contributed by atoms with Crippen molar-refractivity contribution in [2.45, 2.75) is 13.8 Å². The van der Waals surface area contributed by atoms with Gasteiger partial charge in [-0.25, -0.2) is 4.79 Å². The van der Waals surface area contributed by atoms with Crippen molar-refractivity contribution < 1.29 is 9.90 Å². The third-order valence-corrected chi connectivity index (χ3v) is 2.31. The van der Waals surface area contributed by atoms with Crippen LogP contribution in [0.1, 0.15) is 24.2 Å². The Labute approximate surface area is 106 Å². The number of anilines is 1. The fourth-order valence-corrected chi connectivity index (χ4v) is 1.37. The highest BCUT2D eigenvalue weighted by Crippen LogP contribution is 2.09. The molecule has 0 amide bonds. The van der Waals surface area contributed by atoms with Gasteiger partial charge in [0.2, 0.25) is 0 Å². The molecule has 0 radical (unpaired) electrons. The minimum Gasteiger partial charge on any atom is -0.478 e. The monoisotopic (exact) mass is 252 g/mol. The largest absolute Gasteiger partial charge is 0.478 e. The van der Waals surface area contributed by atoms with Gasteiger partial charge in [0.25, 0.3) is 0 Å².